The third-order valence-electron chi connectivity index (χ3n) is 3.45. The van der Waals surface area contributed by atoms with Gasteiger partial charge in [-0.1, -0.05) is 11.6 Å². The molecule has 1 aromatic heterocycles. The number of hydrogen-bond acceptors (Lipinski definition) is 6. The molecule has 0 aliphatic rings. The Morgan fingerprint density at radius 3 is 2.76 bits per heavy atom. The topological polar surface area (TPSA) is 76.5 Å². The van der Waals surface area contributed by atoms with E-state index in [1.165, 1.54) is 25.6 Å². The van der Waals surface area contributed by atoms with Crippen molar-refractivity contribution in [1.29, 1.82) is 0 Å². The van der Waals surface area contributed by atoms with Crippen molar-refractivity contribution in [1.82, 2.24) is 9.97 Å². The minimum Gasteiger partial charge on any atom is -0.493 e. The van der Waals surface area contributed by atoms with Crippen molar-refractivity contribution in [3.05, 3.63) is 47.5 Å². The molecule has 0 saturated carbocycles. The van der Waals surface area contributed by atoms with Crippen LogP contribution in [0.1, 0.15) is 0 Å². The van der Waals surface area contributed by atoms with Crippen LogP contribution in [0.4, 0.5) is 15.9 Å². The molecule has 0 radical (unpaired) electrons. The van der Waals surface area contributed by atoms with Gasteiger partial charge in [0.05, 0.1) is 24.3 Å². The SMILES string of the molecule is COc1cc2ncnc(Nc3ccc(F)c(Cl)c3)c2cc1OCCO. The van der Waals surface area contributed by atoms with Gasteiger partial charge in [-0.25, -0.2) is 14.4 Å². The fraction of sp³-hybridized carbons (Fsp3) is 0.176. The summed E-state index contributed by atoms with van der Waals surface area (Å²) in [5.41, 5.74) is 1.22. The lowest BCUT2D eigenvalue weighted by molar-refractivity contribution is 0.196. The molecule has 2 N–H and O–H groups in total. The number of benzene rings is 2. The lowest BCUT2D eigenvalue weighted by Gasteiger charge is -2.13. The molecule has 6 nitrogen and oxygen atoms in total. The highest BCUT2D eigenvalue weighted by atomic mass is 35.5. The molecule has 0 atom stereocenters. The summed E-state index contributed by atoms with van der Waals surface area (Å²) in [6, 6.07) is 7.73. The van der Waals surface area contributed by atoms with Gasteiger partial charge in [-0.15, -0.1) is 0 Å². The molecule has 0 fully saturated rings. The van der Waals surface area contributed by atoms with Crippen molar-refractivity contribution in [3.63, 3.8) is 0 Å². The molecule has 0 amide bonds. The lowest BCUT2D eigenvalue weighted by atomic mass is 10.2. The highest BCUT2D eigenvalue weighted by Gasteiger charge is 2.12. The van der Waals surface area contributed by atoms with Crippen molar-refractivity contribution in [2.24, 2.45) is 0 Å². The summed E-state index contributed by atoms with van der Waals surface area (Å²) >= 11 is 5.81. The first kappa shape index (κ1) is 17.2. The van der Waals surface area contributed by atoms with E-state index in [0.717, 1.165) is 0 Å². The predicted molar refractivity (Wildman–Crippen MR) is 93.4 cm³/mol. The van der Waals surface area contributed by atoms with Gasteiger partial charge >= 0.3 is 0 Å². The first-order chi connectivity index (χ1) is 12.1. The molecule has 0 bridgehead atoms. The Bertz CT molecular complexity index is 908. The Labute approximate surface area is 148 Å². The summed E-state index contributed by atoms with van der Waals surface area (Å²) in [5, 5.41) is 12.7. The number of nitrogens with one attached hydrogen (secondary N) is 1. The van der Waals surface area contributed by atoms with E-state index in [2.05, 4.69) is 15.3 Å². The first-order valence-corrected chi connectivity index (χ1v) is 7.78. The zero-order valence-electron chi connectivity index (χ0n) is 13.3. The number of aliphatic hydroxyl groups is 1. The van der Waals surface area contributed by atoms with Crippen LogP contribution >= 0.6 is 11.6 Å². The molecule has 3 aromatic rings. The number of hydrogen-bond donors (Lipinski definition) is 2. The molecule has 1 heterocycles. The Balaban J connectivity index is 2.03. The van der Waals surface area contributed by atoms with Crippen molar-refractivity contribution in [3.8, 4) is 11.5 Å². The molecular formula is C17H15ClFN3O3. The summed E-state index contributed by atoms with van der Waals surface area (Å²) in [4.78, 5) is 8.45. The smallest absolute Gasteiger partial charge is 0.162 e. The summed E-state index contributed by atoms with van der Waals surface area (Å²) in [6.45, 7) is 0.0115. The van der Waals surface area contributed by atoms with Gasteiger partial charge in [0.15, 0.2) is 11.5 Å². The molecule has 130 valence electrons. The van der Waals surface area contributed by atoms with Crippen LogP contribution in [0.25, 0.3) is 10.9 Å². The van der Waals surface area contributed by atoms with Crippen LogP contribution < -0.4 is 14.8 Å². The molecule has 0 unspecified atom stereocenters. The third-order valence-corrected chi connectivity index (χ3v) is 3.74. The molecule has 0 aliphatic carbocycles. The minimum atomic E-state index is -0.496. The van der Waals surface area contributed by atoms with Crippen molar-refractivity contribution < 1.29 is 19.0 Å². The Hall–Kier alpha value is -2.64. The number of nitrogens with zero attached hydrogens (tertiary/aromatic N) is 2. The van der Waals surface area contributed by atoms with E-state index < -0.39 is 5.82 Å². The quantitative estimate of drug-likeness (QED) is 0.697. The van der Waals surface area contributed by atoms with Gasteiger partial charge in [0.1, 0.15) is 24.6 Å². The van der Waals surface area contributed by atoms with Gasteiger partial charge in [0.2, 0.25) is 0 Å². The molecule has 8 heteroatoms. The first-order valence-electron chi connectivity index (χ1n) is 7.41. The van der Waals surface area contributed by atoms with Crippen LogP contribution in [0.15, 0.2) is 36.7 Å². The van der Waals surface area contributed by atoms with Crippen LogP contribution in [-0.2, 0) is 0 Å². The van der Waals surface area contributed by atoms with Crippen molar-refractivity contribution in [2.45, 2.75) is 0 Å². The molecule has 0 saturated heterocycles. The summed E-state index contributed by atoms with van der Waals surface area (Å²) in [6.07, 6.45) is 1.41. The van der Waals surface area contributed by atoms with Crippen LogP contribution in [0.5, 0.6) is 11.5 Å². The number of aromatic nitrogens is 2. The van der Waals surface area contributed by atoms with E-state index >= 15 is 0 Å². The number of anilines is 2. The van der Waals surface area contributed by atoms with Crippen molar-refractivity contribution >= 4 is 34.0 Å². The highest BCUT2D eigenvalue weighted by molar-refractivity contribution is 6.31. The molecule has 2 aromatic carbocycles. The summed E-state index contributed by atoms with van der Waals surface area (Å²) in [7, 11) is 1.52. The molecular weight excluding hydrogens is 349 g/mol. The number of ether oxygens (including phenoxy) is 2. The molecule has 0 aliphatic heterocycles. The predicted octanol–water partition coefficient (Wildman–Crippen LogP) is 3.55. The Kier molecular flexibility index (Phi) is 5.16. The summed E-state index contributed by atoms with van der Waals surface area (Å²) in [5.74, 6) is 0.961. The van der Waals surface area contributed by atoms with Crippen LogP contribution in [0, 0.1) is 5.82 Å². The maximum absolute atomic E-state index is 13.3. The normalized spacial score (nSPS) is 10.7. The summed E-state index contributed by atoms with van der Waals surface area (Å²) < 4.78 is 24.1. The van der Waals surface area contributed by atoms with E-state index in [1.54, 1.807) is 18.2 Å². The second kappa shape index (κ2) is 7.50. The van der Waals surface area contributed by atoms with Gasteiger partial charge in [0.25, 0.3) is 0 Å². The fourth-order valence-corrected chi connectivity index (χ4v) is 2.48. The van der Waals surface area contributed by atoms with Gasteiger partial charge in [0, 0.05) is 17.1 Å². The third kappa shape index (κ3) is 3.72. The van der Waals surface area contributed by atoms with Crippen molar-refractivity contribution in [2.75, 3.05) is 25.6 Å². The van der Waals surface area contributed by atoms with Crippen LogP contribution in [0.3, 0.4) is 0 Å². The van der Waals surface area contributed by atoms with Gasteiger partial charge in [-0.3, -0.25) is 0 Å². The largest absolute Gasteiger partial charge is 0.493 e. The average Bonchev–Trinajstić information content (AvgIpc) is 2.62. The zero-order chi connectivity index (χ0) is 17.8. The number of methoxy groups -OCH3 is 1. The second-order valence-corrected chi connectivity index (χ2v) is 5.48. The monoisotopic (exact) mass is 363 g/mol. The van der Waals surface area contributed by atoms with E-state index in [4.69, 9.17) is 26.2 Å². The minimum absolute atomic E-state index is 0.0111. The van der Waals surface area contributed by atoms with E-state index in [-0.39, 0.29) is 18.2 Å². The average molecular weight is 364 g/mol. The standard InChI is InChI=1S/C17H15ClFN3O3/c1-24-15-8-14-11(7-16(15)25-5-4-23)17(21-9-20-14)22-10-2-3-13(19)12(18)6-10/h2-3,6-9,23H,4-5H2,1H3,(H,20,21,22). The van der Waals surface area contributed by atoms with E-state index in [9.17, 15) is 4.39 Å². The number of aliphatic hydroxyl groups excluding tert-OH is 1. The molecule has 25 heavy (non-hydrogen) atoms. The molecule has 0 spiro atoms. The maximum Gasteiger partial charge on any atom is 0.162 e. The van der Waals surface area contributed by atoms with Gasteiger partial charge in [-0.05, 0) is 24.3 Å². The molecule has 3 rings (SSSR count). The van der Waals surface area contributed by atoms with E-state index in [0.29, 0.717) is 33.9 Å². The fourth-order valence-electron chi connectivity index (χ4n) is 2.30. The van der Waals surface area contributed by atoms with Gasteiger partial charge < -0.3 is 19.9 Å². The van der Waals surface area contributed by atoms with E-state index in [1.807, 2.05) is 0 Å². The number of fused-ring (bicyclic) bond motifs is 1. The van der Waals surface area contributed by atoms with Crippen LogP contribution in [-0.4, -0.2) is 35.4 Å². The number of halogens is 2. The second-order valence-electron chi connectivity index (χ2n) is 5.07. The zero-order valence-corrected chi connectivity index (χ0v) is 14.0. The van der Waals surface area contributed by atoms with Gasteiger partial charge in [-0.2, -0.15) is 0 Å². The lowest BCUT2D eigenvalue weighted by Crippen LogP contribution is -2.04. The Morgan fingerprint density at radius 2 is 2.04 bits per heavy atom. The highest BCUT2D eigenvalue weighted by Crippen LogP contribution is 2.35. The Morgan fingerprint density at radius 1 is 1.20 bits per heavy atom. The van der Waals surface area contributed by atoms with Crippen LogP contribution in [0.2, 0.25) is 5.02 Å². The maximum atomic E-state index is 13.3. The number of rotatable bonds is 6.